The maximum absolute atomic E-state index is 13.9. The molecule has 11 aromatic heterocycles. The van der Waals surface area contributed by atoms with Crippen LogP contribution in [0.2, 0.25) is 0 Å². The first kappa shape index (κ1) is 98.1. The molecule has 3 aliphatic heterocycles. The van der Waals surface area contributed by atoms with E-state index in [1.165, 1.54) is 27.2 Å². The van der Waals surface area contributed by atoms with Crippen LogP contribution in [0.4, 0.5) is 129 Å². The van der Waals surface area contributed by atoms with E-state index in [1.807, 2.05) is 22.6 Å². The fraction of sp³-hybridized carbons (Fsp3) is 0.411. The van der Waals surface area contributed by atoms with Crippen LogP contribution in [0.15, 0.2) is 55.2 Å². The number of nitriles is 1. The van der Waals surface area contributed by atoms with Gasteiger partial charge in [0.25, 0.3) is 0 Å². The summed E-state index contributed by atoms with van der Waals surface area (Å²) in [5, 5.41) is 39.3. The highest BCUT2D eigenvalue weighted by atomic mass is 127. The third-order valence-electron chi connectivity index (χ3n) is 19.9. The Hall–Kier alpha value is -13.1. The molecule has 0 saturated carbocycles. The van der Waals surface area contributed by atoms with Crippen molar-refractivity contribution in [3.63, 3.8) is 0 Å². The van der Waals surface area contributed by atoms with Gasteiger partial charge in [0.2, 0.25) is 17.7 Å². The van der Waals surface area contributed by atoms with Gasteiger partial charge < -0.3 is 32.2 Å². The zero-order valence-corrected chi connectivity index (χ0v) is 69.2. The van der Waals surface area contributed by atoms with Crippen LogP contribution in [-0.2, 0) is 66.3 Å². The number of aryl methyl sites for hydroxylation is 4. The average molecular weight is 1970 g/mol. The van der Waals surface area contributed by atoms with Crippen molar-refractivity contribution in [1.82, 2.24) is 89.0 Å². The van der Waals surface area contributed by atoms with Crippen LogP contribution in [0, 0.1) is 55.7 Å². The Balaban J connectivity index is 0.000000173. The van der Waals surface area contributed by atoms with Gasteiger partial charge >= 0.3 is 60.4 Å². The van der Waals surface area contributed by atoms with Gasteiger partial charge in [-0.15, -0.1) is 0 Å². The van der Waals surface area contributed by atoms with Crippen LogP contribution in [0.1, 0.15) is 103 Å². The highest BCUT2D eigenvalue weighted by Crippen LogP contribution is 2.47. The largest absolute Gasteiger partial charge is 0.468 e. The maximum Gasteiger partial charge on any atom is 0.453 e. The van der Waals surface area contributed by atoms with Gasteiger partial charge in [-0.1, -0.05) is 0 Å². The number of nitrogens with zero attached hydrogens (tertiary/aromatic N) is 20. The number of aromatic nitrogens is 18. The Morgan fingerprint density at radius 2 is 0.822 bits per heavy atom. The Kier molecular flexibility index (Phi) is 26.5. The molecule has 0 aliphatic carbocycles. The molecule has 1 atom stereocenters. The van der Waals surface area contributed by atoms with E-state index in [9.17, 15) is 125 Å². The number of hydrogen-bond acceptors (Lipinski definition) is 22. The molecular formula is C73H61F24IN26O5. The summed E-state index contributed by atoms with van der Waals surface area (Å²) in [7, 11) is 1.24. The average Bonchev–Trinajstić information content (AvgIpc) is 1.59. The first-order valence-corrected chi connectivity index (χ1v) is 37.5. The fourth-order valence-electron chi connectivity index (χ4n) is 12.4. The molecule has 14 heterocycles. The lowest BCUT2D eigenvalue weighted by atomic mass is 9.86. The fourth-order valence-corrected chi connectivity index (χ4v) is 13.6. The Bertz CT molecular complexity index is 6160. The van der Waals surface area contributed by atoms with E-state index in [0.29, 0.717) is 20.4 Å². The summed E-state index contributed by atoms with van der Waals surface area (Å²) in [5.74, 6) is -24.9. The van der Waals surface area contributed by atoms with Crippen molar-refractivity contribution >= 4 is 120 Å². The van der Waals surface area contributed by atoms with Crippen LogP contribution < -0.4 is 27.4 Å². The number of rotatable bonds is 18. The number of methoxy groups -OCH3 is 1. The molecule has 0 fully saturated rings. The van der Waals surface area contributed by atoms with Gasteiger partial charge in [0, 0.05) is 69.2 Å². The molecular weight excluding hydrogens is 1900 g/mol. The van der Waals surface area contributed by atoms with Gasteiger partial charge in [0.05, 0.1) is 75.3 Å². The number of amides is 3. The number of ether oxygens (including phenoxy) is 1. The second kappa shape index (κ2) is 34.8. The number of amidine groups is 1. The summed E-state index contributed by atoms with van der Waals surface area (Å²) >= 11 is 1.89. The summed E-state index contributed by atoms with van der Waals surface area (Å²) in [6.45, 7) is 16.3. The molecule has 0 aromatic carbocycles. The minimum Gasteiger partial charge on any atom is -0.468 e. The summed E-state index contributed by atoms with van der Waals surface area (Å²) in [5.41, 5.74) is 7.75. The van der Waals surface area contributed by atoms with Crippen LogP contribution in [0.5, 0.6) is 0 Å². The molecule has 0 spiro atoms. The smallest absolute Gasteiger partial charge is 0.453 e. The normalized spacial score (nSPS) is 15.0. The Labute approximate surface area is 720 Å². The molecule has 8 N–H and O–H groups in total. The first-order valence-electron chi connectivity index (χ1n) is 36.4. The molecule has 0 radical (unpaired) electrons. The van der Waals surface area contributed by atoms with Crippen molar-refractivity contribution in [1.29, 1.82) is 10.7 Å². The predicted molar refractivity (Wildman–Crippen MR) is 410 cm³/mol. The summed E-state index contributed by atoms with van der Waals surface area (Å²) in [4.78, 5) is 90.8. The highest BCUT2D eigenvalue weighted by Gasteiger charge is 2.60. The van der Waals surface area contributed by atoms with E-state index in [1.54, 1.807) is 47.6 Å². The van der Waals surface area contributed by atoms with Crippen molar-refractivity contribution in [2.45, 2.75) is 178 Å². The maximum atomic E-state index is 13.9. The number of anilines is 4. The van der Waals surface area contributed by atoms with E-state index >= 15 is 0 Å². The minimum atomic E-state index is -5.74. The number of carbonyl (C=O) groups is 4. The summed E-state index contributed by atoms with van der Waals surface area (Å²) < 4.78 is 318. The van der Waals surface area contributed by atoms with E-state index < -0.39 is 163 Å². The second-order valence-electron chi connectivity index (χ2n) is 30.4. The van der Waals surface area contributed by atoms with E-state index in [4.69, 9.17) is 28.7 Å². The van der Waals surface area contributed by atoms with Crippen molar-refractivity contribution in [2.75, 3.05) is 28.8 Å². The number of esters is 1. The molecule has 14 rings (SSSR count). The molecule has 0 saturated heterocycles. The minimum absolute atomic E-state index is 0.0248. The van der Waals surface area contributed by atoms with Crippen LogP contribution in [0.3, 0.4) is 0 Å². The lowest BCUT2D eigenvalue weighted by molar-refractivity contribution is -0.285. The molecule has 3 amide bonds. The summed E-state index contributed by atoms with van der Waals surface area (Å²) in [6.07, 6.45) is -24.7. The van der Waals surface area contributed by atoms with Crippen LogP contribution in [-0.4, -0.2) is 180 Å². The molecule has 0 bridgehead atoms. The first-order chi connectivity index (χ1) is 59.3. The molecule has 31 nitrogen and oxygen atoms in total. The summed E-state index contributed by atoms with van der Waals surface area (Å²) in [6, 6.07) is 4.67. The number of fused-ring (bicyclic) bond motifs is 7. The Morgan fingerprint density at radius 1 is 0.504 bits per heavy atom. The number of pyridine rings is 4. The van der Waals surface area contributed by atoms with Gasteiger partial charge in [0.15, 0.2) is 51.5 Å². The molecule has 56 heteroatoms. The van der Waals surface area contributed by atoms with E-state index in [2.05, 4.69) is 95.8 Å². The second-order valence-corrected chi connectivity index (χ2v) is 31.4. The molecule has 3 aliphatic rings. The van der Waals surface area contributed by atoms with Gasteiger partial charge in [-0.05, 0) is 102 Å². The highest BCUT2D eigenvalue weighted by molar-refractivity contribution is 14.1. The zero-order valence-electron chi connectivity index (χ0n) is 67.0. The van der Waals surface area contributed by atoms with Crippen molar-refractivity contribution in [3.8, 4) is 40.6 Å². The number of nitrogens with one attached hydrogen (secondary N) is 4. The van der Waals surface area contributed by atoms with Crippen LogP contribution in [0.25, 0.3) is 83.5 Å². The lowest BCUT2D eigenvalue weighted by Gasteiger charge is -2.19. The van der Waals surface area contributed by atoms with E-state index in [0.717, 1.165) is 67.8 Å². The number of nitrogen functional groups attached to an aromatic ring is 2. The van der Waals surface area contributed by atoms with Gasteiger partial charge in [-0.2, -0.15) is 113 Å². The third kappa shape index (κ3) is 19.5. The topological polar surface area (TPSA) is 418 Å². The van der Waals surface area contributed by atoms with Crippen molar-refractivity contribution in [3.05, 3.63) is 116 Å². The molecule has 11 aromatic rings. The lowest BCUT2D eigenvalue weighted by Crippen LogP contribution is -2.37. The molecule has 129 heavy (non-hydrogen) atoms. The number of hydrogen-bond donors (Lipinski definition) is 6. The SMILES string of the molecule is CC1(C)C(=O)Nc2nc(-c3nn(CCC(F)(F)C(F)(F)F)c4ncc(F)cc34)nc(I)c21.CC1(C)C(=O)Nc2nc(-c3nn(CCC(F)(F)C(F)(F)F)c4ncc(F)cc34)nc(N)c21.CC1(C)C(=O)Nc2nc(-c3nn(CCC(F)(F)C(F)(F)F)c4ncc(F)cc34)ncc21.N=C(N)c1nn(CCC(F)(F)C(F)(F)F)c2ncc(F)cc12.[C-]#[N+]C(C#N)C(C)(C)C(=O)OC. The van der Waals surface area contributed by atoms with E-state index in [-0.39, 0.29) is 125 Å². The predicted octanol–water partition coefficient (Wildman–Crippen LogP) is 15.2. The number of alkyl halides is 20. The van der Waals surface area contributed by atoms with Crippen molar-refractivity contribution < 1.29 is 129 Å². The number of halogens is 25. The van der Waals surface area contributed by atoms with Gasteiger partial charge in [0.1, 0.15) is 78.9 Å². The van der Waals surface area contributed by atoms with Crippen molar-refractivity contribution in [2.24, 2.45) is 11.1 Å². The molecule has 1 unspecified atom stereocenters. The number of carbonyl (C=O) groups excluding carboxylic acids is 4. The third-order valence-corrected chi connectivity index (χ3v) is 20.7. The standard InChI is InChI=1S/C18H13F6IN6O.C18H15F6N7O.C18H14F6N6O.C11H9F6N5.C8H10N2O2/c2*1-16(2)9-11(25)27-13(28-12(9)29-15(16)32)10-8-5-7(19)6-26-14(8)31(30-10)4-3-17(20,21)18(22,23)24;1-16(2)10-7-25-13(27-12(10)28-15(16)31)11-9-5-8(19)6-26-14(9)30(29-11)4-3-17(20,21)18(22,23)24;12-5-3-6-7(8(18)19)21-22(9(6)20-4-5)2-1-10(13,14)11(15,16)17;1-8(2,7(11)12-4)6(5-9)10-3/h5-6H,3-4H2,1-2H3,(H,27,28,29,32);5-6H,3-4H2,1-2H3,(H3,25,27,28,29,32);5-7H,3-4H2,1-2H3,(H,25,27,28,31);3-4H,1-2H2,(H3,18,19);6H,1-2,4H3. The molecule has 688 valence electrons. The monoisotopic (exact) mass is 1960 g/mol. The van der Waals surface area contributed by atoms with Gasteiger partial charge in [-0.25, -0.2) is 92.7 Å². The van der Waals surface area contributed by atoms with Gasteiger partial charge in [-0.3, -0.25) is 29.4 Å². The zero-order chi connectivity index (χ0) is 96.5. The quantitative estimate of drug-likeness (QED) is 0.00883. The Morgan fingerprint density at radius 3 is 1.18 bits per heavy atom. The van der Waals surface area contributed by atoms with Crippen LogP contribution >= 0.6 is 22.6 Å². The number of nitrogens with two attached hydrogens (primary N) is 2.